The van der Waals surface area contributed by atoms with Crippen LogP contribution in [-0.2, 0) is 6.18 Å². The lowest BCUT2D eigenvalue weighted by molar-refractivity contribution is -0.140. The fourth-order valence-corrected chi connectivity index (χ4v) is 3.74. The average Bonchev–Trinajstić information content (AvgIpc) is 3.22. The third kappa shape index (κ3) is 4.38. The van der Waals surface area contributed by atoms with Gasteiger partial charge in [-0.1, -0.05) is 18.2 Å². The van der Waals surface area contributed by atoms with Crippen molar-refractivity contribution < 1.29 is 17.9 Å². The van der Waals surface area contributed by atoms with Crippen LogP contribution in [-0.4, -0.2) is 21.6 Å². The van der Waals surface area contributed by atoms with Crippen molar-refractivity contribution in [3.63, 3.8) is 0 Å². The largest absolute Gasteiger partial charge is 0.493 e. The molecule has 0 spiro atoms. The van der Waals surface area contributed by atoms with Crippen LogP contribution in [0, 0.1) is 28.7 Å². The Hall–Kier alpha value is -3.59. The highest BCUT2D eigenvalue weighted by Crippen LogP contribution is 2.41. The van der Waals surface area contributed by atoms with Gasteiger partial charge in [0.05, 0.1) is 18.1 Å². The summed E-state index contributed by atoms with van der Waals surface area (Å²) in [7, 11) is 0. The number of rotatable bonds is 3. The number of fused-ring (bicyclic) bond motifs is 2. The second kappa shape index (κ2) is 8.16. The lowest BCUT2D eigenvalue weighted by Gasteiger charge is -2.30. The number of alkyl halides is 3. The maximum absolute atomic E-state index is 13.1. The van der Waals surface area contributed by atoms with Crippen molar-refractivity contribution in [3.05, 3.63) is 52.8 Å². The van der Waals surface area contributed by atoms with Crippen LogP contribution < -0.4 is 4.74 Å². The fraction of sp³-hybridized carbons (Fsp3) is 0.391. The second-order valence-electron chi connectivity index (χ2n) is 8.50. The first-order valence-corrected chi connectivity index (χ1v) is 10.2. The summed E-state index contributed by atoms with van der Waals surface area (Å²) in [5, 5.41) is 9.52. The molecule has 6 nitrogen and oxygen atoms in total. The molecule has 32 heavy (non-hydrogen) atoms. The maximum Gasteiger partial charge on any atom is 0.438 e. The zero-order chi connectivity index (χ0) is 22.9. The summed E-state index contributed by atoms with van der Waals surface area (Å²) in [6.07, 6.45) is -1.97. The van der Waals surface area contributed by atoms with Crippen molar-refractivity contribution >= 4 is 16.9 Å². The highest BCUT2D eigenvalue weighted by Gasteiger charge is 2.35. The molecule has 1 aliphatic rings. The number of para-hydroxylation sites is 1. The van der Waals surface area contributed by atoms with Gasteiger partial charge in [0.25, 0.3) is 0 Å². The summed E-state index contributed by atoms with van der Waals surface area (Å²) in [5.41, 5.74) is -0.418. The zero-order valence-corrected chi connectivity index (χ0v) is 17.6. The number of aromatic amines is 1. The van der Waals surface area contributed by atoms with Crippen molar-refractivity contribution in [1.82, 2.24) is 15.0 Å². The Bertz CT molecular complexity index is 1250. The number of benzene rings is 1. The Kier molecular flexibility index (Phi) is 5.52. The van der Waals surface area contributed by atoms with Crippen molar-refractivity contribution in [2.45, 2.75) is 38.8 Å². The Morgan fingerprint density at radius 3 is 2.78 bits per heavy atom. The number of ether oxygens (including phenoxy) is 1. The molecule has 2 unspecified atom stereocenters. The zero-order valence-electron chi connectivity index (χ0n) is 17.6. The Morgan fingerprint density at radius 2 is 2.03 bits per heavy atom. The predicted molar refractivity (Wildman–Crippen MR) is 113 cm³/mol. The molecule has 1 aromatic carbocycles. The number of hydrogen-bond acceptors (Lipinski definition) is 4. The lowest BCUT2D eigenvalue weighted by Crippen LogP contribution is -2.26. The van der Waals surface area contributed by atoms with Crippen molar-refractivity contribution in [2.75, 3.05) is 6.61 Å². The lowest BCUT2D eigenvalue weighted by atomic mass is 9.78. The fourth-order valence-electron chi connectivity index (χ4n) is 3.74. The van der Waals surface area contributed by atoms with E-state index in [1.54, 1.807) is 0 Å². The van der Waals surface area contributed by atoms with E-state index in [9.17, 15) is 18.4 Å². The van der Waals surface area contributed by atoms with Gasteiger partial charge in [-0.3, -0.25) is 0 Å². The first-order valence-electron chi connectivity index (χ1n) is 10.2. The molecule has 0 amide bonds. The molecule has 0 bridgehead atoms. The summed E-state index contributed by atoms with van der Waals surface area (Å²) >= 11 is 0. The van der Waals surface area contributed by atoms with Gasteiger partial charge in [-0.15, -0.1) is 0 Å². The smallest absolute Gasteiger partial charge is 0.438 e. The van der Waals surface area contributed by atoms with Crippen LogP contribution in [0.1, 0.15) is 43.9 Å². The summed E-state index contributed by atoms with van der Waals surface area (Å²) in [5.74, 6) is 0.600. The van der Waals surface area contributed by atoms with Gasteiger partial charge in [-0.2, -0.15) is 28.3 Å². The van der Waals surface area contributed by atoms with Gasteiger partial charge < -0.3 is 9.72 Å². The van der Waals surface area contributed by atoms with Crippen LogP contribution in [0.15, 0.2) is 36.7 Å². The Balaban J connectivity index is 1.71. The van der Waals surface area contributed by atoms with E-state index in [2.05, 4.69) is 31.9 Å². The molecule has 3 aromatic rings. The number of halogens is 3. The van der Waals surface area contributed by atoms with Crippen molar-refractivity contribution in [3.8, 4) is 17.9 Å². The molecule has 0 radical (unpaired) electrons. The number of nitrogens with one attached hydrogen (secondary N) is 1. The molecule has 9 heteroatoms. The molecule has 0 aliphatic carbocycles. The third-order valence-electron chi connectivity index (χ3n) is 5.64. The molecule has 1 aliphatic heterocycles. The van der Waals surface area contributed by atoms with Crippen molar-refractivity contribution in [2.24, 2.45) is 11.3 Å². The number of nitrogens with zero attached hydrogens (tertiary/aromatic N) is 4. The summed E-state index contributed by atoms with van der Waals surface area (Å²) < 4.78 is 45.2. The number of aromatic nitrogens is 3. The molecule has 164 valence electrons. The van der Waals surface area contributed by atoms with E-state index < -0.39 is 17.3 Å². The SMILES string of the molecule is CC(C)(C#N)CCC1COc2ccccc2C1C#[N+]c1ncnc2[nH]c(C(F)(F)F)cc12. The molecule has 0 saturated heterocycles. The van der Waals surface area contributed by atoms with Crippen LogP contribution in [0.2, 0.25) is 0 Å². The Morgan fingerprint density at radius 1 is 1.25 bits per heavy atom. The minimum absolute atomic E-state index is 0.00978. The van der Waals surface area contributed by atoms with Gasteiger partial charge in [0, 0.05) is 11.5 Å². The van der Waals surface area contributed by atoms with E-state index in [-0.39, 0.29) is 28.7 Å². The molecule has 3 heterocycles. The van der Waals surface area contributed by atoms with Crippen molar-refractivity contribution in [1.29, 1.82) is 5.26 Å². The summed E-state index contributed by atoms with van der Waals surface area (Å²) in [4.78, 5) is 14.6. The van der Waals surface area contributed by atoms with E-state index in [4.69, 9.17) is 4.74 Å². The maximum atomic E-state index is 13.1. The van der Waals surface area contributed by atoms with Crippen LogP contribution in [0.5, 0.6) is 5.75 Å². The summed E-state index contributed by atoms with van der Waals surface area (Å²) in [6.45, 7) is 4.21. The minimum atomic E-state index is -4.52. The average molecular weight is 440 g/mol. The van der Waals surface area contributed by atoms with E-state index in [1.807, 2.05) is 38.1 Å². The van der Waals surface area contributed by atoms with Crippen LogP contribution in [0.4, 0.5) is 19.0 Å². The van der Waals surface area contributed by atoms with Gasteiger partial charge in [-0.25, -0.2) is 0 Å². The molecular weight excluding hydrogens is 419 g/mol. The van der Waals surface area contributed by atoms with Gasteiger partial charge in [0.2, 0.25) is 6.33 Å². The quantitative estimate of drug-likeness (QED) is 0.537. The topological polar surface area (TPSA) is 78.9 Å². The summed E-state index contributed by atoms with van der Waals surface area (Å²) in [6, 6.07) is 13.9. The Labute approximate surface area is 182 Å². The van der Waals surface area contributed by atoms with Crippen LogP contribution >= 0.6 is 0 Å². The van der Waals surface area contributed by atoms with Gasteiger partial charge in [0.15, 0.2) is 11.7 Å². The highest BCUT2D eigenvalue weighted by molar-refractivity contribution is 5.88. The molecule has 1 N–H and O–H groups in total. The third-order valence-corrected chi connectivity index (χ3v) is 5.64. The monoisotopic (exact) mass is 440 g/mol. The molecule has 0 fully saturated rings. The second-order valence-corrected chi connectivity index (χ2v) is 8.50. The predicted octanol–water partition coefficient (Wildman–Crippen LogP) is 6.06. The van der Waals surface area contributed by atoms with E-state index in [0.717, 1.165) is 17.4 Å². The molecule has 4 rings (SSSR count). The van der Waals surface area contributed by atoms with E-state index in [0.29, 0.717) is 19.4 Å². The molecule has 2 aromatic heterocycles. The van der Waals surface area contributed by atoms with E-state index >= 15 is 0 Å². The first-order chi connectivity index (χ1) is 15.2. The normalized spacial score (nSPS) is 18.2. The molecule has 2 atom stereocenters. The van der Waals surface area contributed by atoms with E-state index in [1.165, 1.54) is 6.33 Å². The standard InChI is InChI=1S/C23H21F3N5O/c1-22(2,12-27)8-7-14-11-32-18-6-4-3-5-15(18)17(14)10-28-20-16-9-19(23(24,25)26)31-21(16)30-13-29-20/h3-6,9,13-14,17H,7-8,11H2,1-2H3,(H,29,30,31)/q+1. The van der Waals surface area contributed by atoms with Crippen LogP contribution in [0.25, 0.3) is 15.9 Å². The highest BCUT2D eigenvalue weighted by atomic mass is 19.4. The minimum Gasteiger partial charge on any atom is -0.493 e. The molecule has 0 saturated carbocycles. The van der Waals surface area contributed by atoms with Gasteiger partial charge >= 0.3 is 12.0 Å². The molecular formula is C23H21F3N5O+. The van der Waals surface area contributed by atoms with Gasteiger partial charge in [-0.05, 0) is 43.8 Å². The van der Waals surface area contributed by atoms with Gasteiger partial charge in [0.1, 0.15) is 22.7 Å². The van der Waals surface area contributed by atoms with Crippen LogP contribution in [0.3, 0.4) is 0 Å². The first kappa shape index (κ1) is 21.6. The number of nitriles is 1. The number of hydrogen-bond donors (Lipinski definition) is 1. The number of H-pyrrole nitrogens is 1.